The summed E-state index contributed by atoms with van der Waals surface area (Å²) < 4.78 is 10.5. The number of halogens is 2. The zero-order valence-corrected chi connectivity index (χ0v) is 19.9. The normalized spacial score (nSPS) is 11.8. The van der Waals surface area contributed by atoms with Crippen molar-refractivity contribution in [1.82, 2.24) is 14.3 Å². The van der Waals surface area contributed by atoms with Crippen molar-refractivity contribution in [2.24, 2.45) is 4.99 Å². The molecule has 30 heavy (non-hydrogen) atoms. The van der Waals surface area contributed by atoms with Crippen LogP contribution < -0.4 is 4.74 Å². The van der Waals surface area contributed by atoms with Crippen LogP contribution in [0.2, 0.25) is 10.0 Å². The highest BCUT2D eigenvalue weighted by Crippen LogP contribution is 2.37. The zero-order chi connectivity index (χ0) is 21.9. The summed E-state index contributed by atoms with van der Waals surface area (Å²) in [4.78, 5) is 11.1. The first-order chi connectivity index (χ1) is 14.2. The Balaban J connectivity index is 1.81. The topological polar surface area (TPSA) is 50.6 Å². The van der Waals surface area contributed by atoms with E-state index in [0.717, 1.165) is 23.4 Å². The molecule has 0 radical (unpaired) electrons. The van der Waals surface area contributed by atoms with Crippen LogP contribution >= 0.6 is 34.7 Å². The van der Waals surface area contributed by atoms with E-state index in [4.69, 9.17) is 27.9 Å². The fraction of sp³-hybridized carbons (Fsp3) is 0.318. The SMILES string of the molecule is CCN(C)C=Nc1cc(Cl)c(Oc2nc(C(C)(C)c3ccc(Cl)cc3)ns2)cc1C. The summed E-state index contributed by atoms with van der Waals surface area (Å²) in [5.74, 6) is 1.21. The van der Waals surface area contributed by atoms with Gasteiger partial charge in [-0.3, -0.25) is 0 Å². The van der Waals surface area contributed by atoms with Crippen LogP contribution in [0, 0.1) is 6.92 Å². The molecule has 0 amide bonds. The monoisotopic (exact) mass is 462 g/mol. The highest BCUT2D eigenvalue weighted by atomic mass is 35.5. The first-order valence-electron chi connectivity index (χ1n) is 9.53. The minimum Gasteiger partial charge on any atom is -0.428 e. The molecular formula is C22H24Cl2N4OS. The summed E-state index contributed by atoms with van der Waals surface area (Å²) in [5, 5.41) is 1.61. The van der Waals surface area contributed by atoms with E-state index in [2.05, 4.69) is 35.1 Å². The maximum absolute atomic E-state index is 6.44. The van der Waals surface area contributed by atoms with Gasteiger partial charge in [-0.1, -0.05) is 35.3 Å². The predicted octanol–water partition coefficient (Wildman–Crippen LogP) is 6.88. The van der Waals surface area contributed by atoms with Gasteiger partial charge in [0.25, 0.3) is 5.19 Å². The molecule has 0 saturated carbocycles. The van der Waals surface area contributed by atoms with Crippen LogP contribution in [0.3, 0.4) is 0 Å². The lowest BCUT2D eigenvalue weighted by Crippen LogP contribution is -2.20. The molecule has 0 atom stereocenters. The number of benzene rings is 2. The Morgan fingerprint density at radius 1 is 1.20 bits per heavy atom. The second kappa shape index (κ2) is 9.33. The third-order valence-corrected chi connectivity index (χ3v) is 6.02. The van der Waals surface area contributed by atoms with Gasteiger partial charge in [-0.15, -0.1) is 0 Å². The highest BCUT2D eigenvalue weighted by Gasteiger charge is 2.28. The van der Waals surface area contributed by atoms with E-state index in [-0.39, 0.29) is 5.41 Å². The van der Waals surface area contributed by atoms with Gasteiger partial charge in [0, 0.05) is 30.1 Å². The molecule has 3 aromatic rings. The number of nitrogens with zero attached hydrogens (tertiary/aromatic N) is 4. The summed E-state index contributed by atoms with van der Waals surface area (Å²) in [6.07, 6.45) is 1.79. The number of aryl methyl sites for hydroxylation is 1. The summed E-state index contributed by atoms with van der Waals surface area (Å²) in [5.41, 5.74) is 2.45. The summed E-state index contributed by atoms with van der Waals surface area (Å²) in [6.45, 7) is 9.05. The van der Waals surface area contributed by atoms with Crippen molar-refractivity contribution in [3.63, 3.8) is 0 Å². The van der Waals surface area contributed by atoms with Gasteiger partial charge >= 0.3 is 0 Å². The zero-order valence-electron chi connectivity index (χ0n) is 17.6. The minimum absolute atomic E-state index is 0.383. The van der Waals surface area contributed by atoms with Crippen LogP contribution in [0.4, 0.5) is 5.69 Å². The molecule has 0 aliphatic rings. The molecule has 0 saturated heterocycles. The van der Waals surface area contributed by atoms with Crippen molar-refractivity contribution in [2.75, 3.05) is 13.6 Å². The molecule has 8 heteroatoms. The first-order valence-corrected chi connectivity index (χ1v) is 11.1. The lowest BCUT2D eigenvalue weighted by Gasteiger charge is -2.21. The molecule has 1 heterocycles. The number of hydrogen-bond donors (Lipinski definition) is 0. The Morgan fingerprint density at radius 2 is 1.90 bits per heavy atom. The Bertz CT molecular complexity index is 1050. The molecule has 0 spiro atoms. The first kappa shape index (κ1) is 22.5. The highest BCUT2D eigenvalue weighted by molar-refractivity contribution is 7.07. The molecule has 0 unspecified atom stereocenters. The Labute approximate surface area is 191 Å². The molecule has 1 aromatic heterocycles. The molecule has 0 bridgehead atoms. The van der Waals surface area contributed by atoms with E-state index in [1.165, 1.54) is 11.5 Å². The number of ether oxygens (including phenoxy) is 1. The van der Waals surface area contributed by atoms with Crippen LogP contribution in [-0.4, -0.2) is 34.2 Å². The second-order valence-electron chi connectivity index (χ2n) is 7.50. The van der Waals surface area contributed by atoms with E-state index in [1.54, 1.807) is 12.4 Å². The van der Waals surface area contributed by atoms with Gasteiger partial charge in [0.05, 0.1) is 22.5 Å². The van der Waals surface area contributed by atoms with Crippen LogP contribution in [0.1, 0.15) is 37.7 Å². The van der Waals surface area contributed by atoms with Crippen LogP contribution in [0.15, 0.2) is 41.4 Å². The summed E-state index contributed by atoms with van der Waals surface area (Å²) in [6, 6.07) is 11.4. The maximum Gasteiger partial charge on any atom is 0.298 e. The van der Waals surface area contributed by atoms with Gasteiger partial charge < -0.3 is 9.64 Å². The van der Waals surface area contributed by atoms with E-state index in [9.17, 15) is 0 Å². The van der Waals surface area contributed by atoms with Gasteiger partial charge in [0.1, 0.15) is 5.75 Å². The molecule has 2 aromatic carbocycles. The van der Waals surface area contributed by atoms with Crippen LogP contribution in [-0.2, 0) is 5.41 Å². The van der Waals surface area contributed by atoms with Crippen molar-refractivity contribution in [3.8, 4) is 10.9 Å². The minimum atomic E-state index is -0.383. The fourth-order valence-corrected chi connectivity index (χ4v) is 3.71. The number of aromatic nitrogens is 2. The largest absolute Gasteiger partial charge is 0.428 e. The Kier molecular flexibility index (Phi) is 7.01. The van der Waals surface area contributed by atoms with Crippen LogP contribution in [0.25, 0.3) is 0 Å². The van der Waals surface area contributed by atoms with Gasteiger partial charge in [0.2, 0.25) is 0 Å². The molecule has 0 N–H and O–H groups in total. The Morgan fingerprint density at radius 3 is 2.57 bits per heavy atom. The average Bonchev–Trinajstić information content (AvgIpc) is 3.19. The smallest absolute Gasteiger partial charge is 0.298 e. The van der Waals surface area contributed by atoms with Crippen LogP contribution in [0.5, 0.6) is 10.9 Å². The Hall–Kier alpha value is -2.15. The summed E-state index contributed by atoms with van der Waals surface area (Å²) in [7, 11) is 1.97. The van der Waals surface area contributed by atoms with Crippen molar-refractivity contribution >= 4 is 46.8 Å². The standard InChI is InChI=1S/C22H24Cl2N4OS/c1-6-28(5)13-25-18-12-17(24)19(11-14(18)2)29-21-26-20(27-30-21)22(3,4)15-7-9-16(23)10-8-15/h7-13H,6H2,1-5H3. The second-order valence-corrected chi connectivity index (χ2v) is 9.06. The molecule has 158 valence electrons. The number of hydrogen-bond acceptors (Lipinski definition) is 5. The molecule has 0 fully saturated rings. The average molecular weight is 463 g/mol. The molecule has 0 aliphatic carbocycles. The maximum atomic E-state index is 6.44. The van der Waals surface area contributed by atoms with E-state index in [0.29, 0.717) is 26.8 Å². The van der Waals surface area contributed by atoms with Crippen molar-refractivity contribution < 1.29 is 4.74 Å². The van der Waals surface area contributed by atoms with E-state index >= 15 is 0 Å². The van der Waals surface area contributed by atoms with Crippen molar-refractivity contribution in [2.45, 2.75) is 33.1 Å². The molecule has 3 rings (SSSR count). The number of rotatable bonds is 7. The predicted molar refractivity (Wildman–Crippen MR) is 126 cm³/mol. The molecular weight excluding hydrogens is 439 g/mol. The van der Waals surface area contributed by atoms with Gasteiger partial charge in [-0.25, -0.2) is 4.99 Å². The molecule has 5 nitrogen and oxygen atoms in total. The third-order valence-electron chi connectivity index (χ3n) is 4.87. The lowest BCUT2D eigenvalue weighted by atomic mass is 9.84. The molecule has 0 aliphatic heterocycles. The summed E-state index contributed by atoms with van der Waals surface area (Å²) >= 11 is 13.7. The quantitative estimate of drug-likeness (QED) is 0.283. The van der Waals surface area contributed by atoms with Crippen molar-refractivity contribution in [3.05, 3.63) is 63.4 Å². The van der Waals surface area contributed by atoms with E-state index in [1.807, 2.05) is 49.2 Å². The van der Waals surface area contributed by atoms with Crippen molar-refractivity contribution in [1.29, 1.82) is 0 Å². The van der Waals surface area contributed by atoms with Gasteiger partial charge in [-0.2, -0.15) is 9.36 Å². The van der Waals surface area contributed by atoms with E-state index < -0.39 is 0 Å². The number of aliphatic imine (C=N–C) groups is 1. The fourth-order valence-electron chi connectivity index (χ4n) is 2.70. The van der Waals surface area contributed by atoms with Gasteiger partial charge in [-0.05, 0) is 63.1 Å². The lowest BCUT2D eigenvalue weighted by molar-refractivity contribution is 0.471. The third kappa shape index (κ3) is 5.12. The van der Waals surface area contributed by atoms with Gasteiger partial charge in [0.15, 0.2) is 5.82 Å².